The Labute approximate surface area is 236 Å². The third-order valence-corrected chi connectivity index (χ3v) is 8.15. The smallest absolute Gasteiger partial charge is 0.550 e. The molecule has 3 fully saturated rings. The van der Waals surface area contributed by atoms with E-state index >= 15 is 0 Å². The molecule has 0 saturated heterocycles. The van der Waals surface area contributed by atoms with Crippen LogP contribution in [0.15, 0.2) is 0 Å². The van der Waals surface area contributed by atoms with Crippen molar-refractivity contribution in [3.05, 3.63) is 0 Å². The Morgan fingerprint density at radius 1 is 0.432 bits per heavy atom. The largest absolute Gasteiger partial charge is 3.00 e. The molecule has 0 N–H and O–H groups in total. The Bertz CT molecular complexity index is 498. The molecular weight excluding hydrogens is 483 g/mol. The minimum atomic E-state index is -0.897. The minimum Gasteiger partial charge on any atom is -0.550 e. The summed E-state index contributed by atoms with van der Waals surface area (Å²) in [6, 6.07) is 0. The van der Waals surface area contributed by atoms with Crippen LogP contribution in [0, 0.1) is 17.8 Å². The zero-order chi connectivity index (χ0) is 26.4. The zero-order valence-corrected chi connectivity index (χ0v) is 24.4. The second-order valence-electron chi connectivity index (χ2n) is 11.3. The van der Waals surface area contributed by atoms with E-state index in [9.17, 15) is 29.7 Å². The summed E-state index contributed by atoms with van der Waals surface area (Å²) in [6.07, 6.45) is 26.5. The molecule has 0 aromatic carbocycles. The quantitative estimate of drug-likeness (QED) is 0.348. The molecule has 0 spiro atoms. The molecule has 3 aliphatic rings. The molecule has 3 rings (SSSR count). The normalized spacial score (nSPS) is 18.8. The van der Waals surface area contributed by atoms with Gasteiger partial charge in [0, 0.05) is 17.9 Å². The van der Waals surface area contributed by atoms with Crippen molar-refractivity contribution in [3.63, 3.8) is 0 Å². The summed E-state index contributed by atoms with van der Waals surface area (Å²) in [5.41, 5.74) is 0. The predicted molar refractivity (Wildman–Crippen MR) is 142 cm³/mol. The van der Waals surface area contributed by atoms with Crippen molar-refractivity contribution in [3.8, 4) is 0 Å². The fourth-order valence-corrected chi connectivity index (χ4v) is 6.03. The van der Waals surface area contributed by atoms with Crippen LogP contribution in [0.4, 0.5) is 0 Å². The number of carbonyl (C=O) groups excluding carboxylic acids is 3. The van der Waals surface area contributed by atoms with Crippen molar-refractivity contribution >= 4 is 35.3 Å². The third-order valence-electron chi connectivity index (χ3n) is 8.15. The van der Waals surface area contributed by atoms with Crippen molar-refractivity contribution in [1.82, 2.24) is 0 Å². The molecule has 3 saturated carbocycles. The van der Waals surface area contributed by atoms with Gasteiger partial charge in [0.05, 0.1) is 0 Å². The second kappa shape index (κ2) is 24.0. The van der Waals surface area contributed by atoms with Gasteiger partial charge in [-0.3, -0.25) is 0 Å². The summed E-state index contributed by atoms with van der Waals surface area (Å²) in [5, 5.41) is 30.4. The maximum Gasteiger partial charge on any atom is 3.00 e. The Kier molecular flexibility index (Phi) is 23.3. The second-order valence-corrected chi connectivity index (χ2v) is 11.3. The molecule has 3 aliphatic carbocycles. The molecule has 0 amide bonds. The summed E-state index contributed by atoms with van der Waals surface area (Å²) in [4.78, 5) is 30.4. The van der Waals surface area contributed by atoms with Gasteiger partial charge in [0.2, 0.25) is 0 Å². The fourth-order valence-electron chi connectivity index (χ4n) is 6.03. The number of hydrogen-bond acceptors (Lipinski definition) is 6. The predicted octanol–water partition coefficient (Wildman–Crippen LogP) is 4.08. The van der Waals surface area contributed by atoms with Gasteiger partial charge in [0.1, 0.15) is 0 Å². The standard InChI is InChI=1S/3C10H18O2.Al/c3*11-10(12)8-4-7-9-5-2-1-3-6-9;/h3*9H,1-8H2,(H,11,12);/q;;;+3/p-3. The summed E-state index contributed by atoms with van der Waals surface area (Å²) in [7, 11) is 0. The molecule has 0 radical (unpaired) electrons. The molecule has 0 atom stereocenters. The van der Waals surface area contributed by atoms with E-state index in [1.807, 2.05) is 0 Å². The van der Waals surface area contributed by atoms with Gasteiger partial charge in [0.25, 0.3) is 0 Å². The molecule has 0 aromatic heterocycles. The van der Waals surface area contributed by atoms with Crippen LogP contribution in [0.25, 0.3) is 0 Å². The Morgan fingerprint density at radius 3 is 0.838 bits per heavy atom. The SMILES string of the molecule is O=C([O-])CCCC1CCCCC1.O=C([O-])CCCC1CCCCC1.O=C([O-])CCCC1CCCCC1.[Al+3]. The first-order valence-corrected chi connectivity index (χ1v) is 15.0. The third kappa shape index (κ3) is 22.6. The first kappa shape index (κ1) is 35.9. The molecule has 0 aliphatic heterocycles. The molecule has 0 bridgehead atoms. The van der Waals surface area contributed by atoms with Gasteiger partial charge in [-0.05, 0) is 56.3 Å². The summed E-state index contributed by atoms with van der Waals surface area (Å²) < 4.78 is 0. The maximum atomic E-state index is 10.1. The fraction of sp³-hybridized carbons (Fsp3) is 0.900. The van der Waals surface area contributed by atoms with Crippen LogP contribution in [0.2, 0.25) is 0 Å². The first-order chi connectivity index (χ1) is 17.4. The average molecular weight is 535 g/mol. The summed E-state index contributed by atoms with van der Waals surface area (Å²) in [6.45, 7) is 0. The van der Waals surface area contributed by atoms with Gasteiger partial charge in [-0.2, -0.15) is 0 Å². The maximum absolute atomic E-state index is 10.1. The van der Waals surface area contributed by atoms with Gasteiger partial charge >= 0.3 is 17.4 Å². The van der Waals surface area contributed by atoms with Crippen LogP contribution in [0.3, 0.4) is 0 Å². The molecule has 210 valence electrons. The topological polar surface area (TPSA) is 120 Å². The van der Waals surface area contributed by atoms with Gasteiger partial charge in [0.15, 0.2) is 0 Å². The summed E-state index contributed by atoms with van der Waals surface area (Å²) in [5.74, 6) is -0.281. The van der Waals surface area contributed by atoms with Crippen molar-refractivity contribution < 1.29 is 29.7 Å². The number of aliphatic carboxylic acids is 3. The van der Waals surface area contributed by atoms with E-state index in [0.717, 1.165) is 56.3 Å². The van der Waals surface area contributed by atoms with E-state index in [0.29, 0.717) is 0 Å². The number of carboxylic acids is 3. The molecule has 0 heterocycles. The van der Waals surface area contributed by atoms with Gasteiger partial charge in [-0.15, -0.1) is 0 Å². The molecule has 0 aromatic rings. The van der Waals surface area contributed by atoms with Crippen molar-refractivity contribution in [2.24, 2.45) is 17.8 Å². The van der Waals surface area contributed by atoms with E-state index in [4.69, 9.17) is 0 Å². The van der Waals surface area contributed by atoms with Crippen LogP contribution in [-0.2, 0) is 14.4 Å². The Hall–Kier alpha value is -1.06. The van der Waals surface area contributed by atoms with E-state index in [2.05, 4.69) is 0 Å². The molecule has 0 unspecified atom stereocenters. The van der Waals surface area contributed by atoms with Crippen LogP contribution in [0.1, 0.15) is 154 Å². The van der Waals surface area contributed by atoms with E-state index in [1.54, 1.807) is 0 Å². The van der Waals surface area contributed by atoms with Gasteiger partial charge in [-0.25, -0.2) is 0 Å². The monoisotopic (exact) mass is 534 g/mol. The Morgan fingerprint density at radius 2 is 0.649 bits per heavy atom. The summed E-state index contributed by atoms with van der Waals surface area (Å²) >= 11 is 0. The first-order valence-electron chi connectivity index (χ1n) is 15.0. The molecule has 6 nitrogen and oxygen atoms in total. The van der Waals surface area contributed by atoms with E-state index < -0.39 is 17.9 Å². The van der Waals surface area contributed by atoms with Crippen LogP contribution in [0.5, 0.6) is 0 Å². The van der Waals surface area contributed by atoms with E-state index in [1.165, 1.54) is 96.3 Å². The van der Waals surface area contributed by atoms with E-state index in [-0.39, 0.29) is 36.6 Å². The number of hydrogen-bond donors (Lipinski definition) is 0. The number of rotatable bonds is 12. The molecule has 37 heavy (non-hydrogen) atoms. The van der Waals surface area contributed by atoms with Crippen LogP contribution in [-0.4, -0.2) is 35.3 Å². The van der Waals surface area contributed by atoms with Crippen molar-refractivity contribution in [1.29, 1.82) is 0 Å². The molecule has 7 heteroatoms. The van der Waals surface area contributed by atoms with Crippen molar-refractivity contribution in [2.75, 3.05) is 0 Å². The number of carboxylic acid groups (broad SMARTS) is 3. The van der Waals surface area contributed by atoms with Crippen LogP contribution < -0.4 is 15.3 Å². The van der Waals surface area contributed by atoms with Crippen LogP contribution >= 0.6 is 0 Å². The average Bonchev–Trinajstić information content (AvgIpc) is 2.86. The zero-order valence-electron chi connectivity index (χ0n) is 23.2. The van der Waals surface area contributed by atoms with Crippen molar-refractivity contribution in [2.45, 2.75) is 154 Å². The Balaban J connectivity index is 0.000000518. The number of carbonyl (C=O) groups is 3. The van der Waals surface area contributed by atoms with Gasteiger partial charge in [-0.1, -0.05) is 116 Å². The van der Waals surface area contributed by atoms with Gasteiger partial charge < -0.3 is 29.7 Å². The minimum absolute atomic E-state index is 0. The molecular formula is C30H51AlO6.